The number of aliphatic hydroxyl groups is 1. The Labute approximate surface area is 86.7 Å². The average molecular weight is 218 g/mol. The molecule has 0 saturated carbocycles. The molecule has 1 aliphatic rings. The van der Waals surface area contributed by atoms with Gasteiger partial charge in [-0.05, 0) is 18.4 Å². The molecule has 0 aromatic carbocycles. The molecule has 0 spiro atoms. The van der Waals surface area contributed by atoms with E-state index in [1.165, 1.54) is 4.88 Å². The van der Waals surface area contributed by atoms with Crippen LogP contribution in [0.25, 0.3) is 0 Å². The van der Waals surface area contributed by atoms with Gasteiger partial charge in [-0.15, -0.1) is 11.3 Å². The van der Waals surface area contributed by atoms with Crippen molar-refractivity contribution in [2.45, 2.75) is 19.1 Å². The second-order valence-corrected chi connectivity index (χ2v) is 5.24. The number of rotatable bonds is 2. The minimum absolute atomic E-state index is 0.482. The summed E-state index contributed by atoms with van der Waals surface area (Å²) in [5.41, 5.74) is -0.482. The van der Waals surface area contributed by atoms with Gasteiger partial charge in [0.25, 0.3) is 0 Å². The maximum absolute atomic E-state index is 9.51. The molecule has 2 heterocycles. The number of hydrogen-bond acceptors (Lipinski definition) is 3. The zero-order valence-corrected chi connectivity index (χ0v) is 9.03. The number of β-amino-alcohol motifs (C(OH)–C–C–N with tert-alkyl or cyclic N) is 1. The van der Waals surface area contributed by atoms with Gasteiger partial charge in [0.1, 0.15) is 0 Å². The molecule has 1 aliphatic heterocycles. The summed E-state index contributed by atoms with van der Waals surface area (Å²) < 4.78 is 0. The fraction of sp³-hybridized carbons (Fsp3) is 0.556. The number of hydrogen-bond donors (Lipinski definition) is 1. The summed E-state index contributed by atoms with van der Waals surface area (Å²) in [5.74, 6) is 0. The Bertz CT molecular complexity index is 302. The quantitative estimate of drug-likeness (QED) is 0.819. The third-order valence-corrected chi connectivity index (χ3v) is 3.56. The first-order chi connectivity index (χ1) is 6.07. The van der Waals surface area contributed by atoms with E-state index in [-0.39, 0.29) is 0 Å². The highest BCUT2D eigenvalue weighted by Gasteiger charge is 2.36. The van der Waals surface area contributed by atoms with Gasteiger partial charge in [-0.2, -0.15) is 0 Å². The van der Waals surface area contributed by atoms with E-state index in [4.69, 9.17) is 11.6 Å². The highest BCUT2D eigenvalue weighted by atomic mass is 35.5. The normalized spacial score (nSPS) is 21.5. The van der Waals surface area contributed by atoms with Crippen molar-refractivity contribution in [2.24, 2.45) is 0 Å². The second kappa shape index (κ2) is 3.24. The van der Waals surface area contributed by atoms with Gasteiger partial charge in [-0.1, -0.05) is 11.6 Å². The molecular formula is C9H12ClNOS. The molecular weight excluding hydrogens is 206 g/mol. The SMILES string of the molecule is CC1(O)CN(Cc2sccc2Cl)C1. The van der Waals surface area contributed by atoms with E-state index in [1.54, 1.807) is 11.3 Å². The van der Waals surface area contributed by atoms with Crippen molar-refractivity contribution in [1.29, 1.82) is 0 Å². The molecule has 1 aromatic heterocycles. The third-order valence-electron chi connectivity index (χ3n) is 2.19. The van der Waals surface area contributed by atoms with Crippen LogP contribution in [0.3, 0.4) is 0 Å². The standard InChI is InChI=1S/C9H12ClNOS/c1-9(12)5-11(6-9)4-8-7(10)2-3-13-8/h2-3,12H,4-6H2,1H3. The molecule has 72 valence electrons. The third kappa shape index (κ3) is 2.05. The molecule has 1 N–H and O–H groups in total. The lowest BCUT2D eigenvalue weighted by Crippen LogP contribution is -2.59. The molecule has 2 nitrogen and oxygen atoms in total. The Morgan fingerprint density at radius 2 is 2.38 bits per heavy atom. The first kappa shape index (κ1) is 9.46. The van der Waals surface area contributed by atoms with Crippen LogP contribution < -0.4 is 0 Å². The van der Waals surface area contributed by atoms with Crippen molar-refractivity contribution >= 4 is 22.9 Å². The summed E-state index contributed by atoms with van der Waals surface area (Å²) >= 11 is 7.63. The lowest BCUT2D eigenvalue weighted by molar-refractivity contribution is -0.0867. The summed E-state index contributed by atoms with van der Waals surface area (Å²) in [7, 11) is 0. The summed E-state index contributed by atoms with van der Waals surface area (Å²) in [4.78, 5) is 3.38. The molecule has 0 unspecified atom stereocenters. The Morgan fingerprint density at radius 3 is 2.85 bits per heavy atom. The molecule has 1 aromatic rings. The molecule has 0 bridgehead atoms. The van der Waals surface area contributed by atoms with Crippen LogP contribution >= 0.6 is 22.9 Å². The number of halogens is 1. The summed E-state index contributed by atoms with van der Waals surface area (Å²) in [5, 5.41) is 12.3. The predicted octanol–water partition coefficient (Wildman–Crippen LogP) is 1.97. The molecule has 1 fully saturated rings. The van der Waals surface area contributed by atoms with E-state index in [2.05, 4.69) is 4.90 Å². The lowest BCUT2D eigenvalue weighted by atomic mass is 9.97. The minimum Gasteiger partial charge on any atom is -0.388 e. The van der Waals surface area contributed by atoms with Gasteiger partial charge < -0.3 is 5.11 Å². The number of thiophene rings is 1. The van der Waals surface area contributed by atoms with Crippen LogP contribution in [-0.2, 0) is 6.54 Å². The van der Waals surface area contributed by atoms with Crippen molar-refractivity contribution in [3.63, 3.8) is 0 Å². The van der Waals surface area contributed by atoms with Crippen LogP contribution in [0.1, 0.15) is 11.8 Å². The van der Waals surface area contributed by atoms with E-state index in [0.717, 1.165) is 24.7 Å². The molecule has 0 amide bonds. The first-order valence-electron chi connectivity index (χ1n) is 4.23. The molecule has 0 atom stereocenters. The van der Waals surface area contributed by atoms with Crippen molar-refractivity contribution in [3.8, 4) is 0 Å². The van der Waals surface area contributed by atoms with Crippen molar-refractivity contribution < 1.29 is 5.11 Å². The van der Waals surface area contributed by atoms with E-state index in [9.17, 15) is 5.11 Å². The Balaban J connectivity index is 1.91. The Morgan fingerprint density at radius 1 is 1.69 bits per heavy atom. The van der Waals surface area contributed by atoms with Crippen LogP contribution in [0.15, 0.2) is 11.4 Å². The summed E-state index contributed by atoms with van der Waals surface area (Å²) in [6.45, 7) is 4.23. The van der Waals surface area contributed by atoms with Gasteiger partial charge >= 0.3 is 0 Å². The van der Waals surface area contributed by atoms with Gasteiger partial charge in [0, 0.05) is 24.5 Å². The van der Waals surface area contributed by atoms with Gasteiger partial charge in [0.2, 0.25) is 0 Å². The maximum atomic E-state index is 9.51. The predicted molar refractivity (Wildman–Crippen MR) is 55.2 cm³/mol. The fourth-order valence-corrected chi connectivity index (χ4v) is 2.81. The topological polar surface area (TPSA) is 23.5 Å². The van der Waals surface area contributed by atoms with Gasteiger partial charge in [-0.3, -0.25) is 4.90 Å². The van der Waals surface area contributed by atoms with E-state index in [1.807, 2.05) is 18.4 Å². The molecule has 0 aliphatic carbocycles. The first-order valence-corrected chi connectivity index (χ1v) is 5.49. The highest BCUT2D eigenvalue weighted by Crippen LogP contribution is 2.28. The van der Waals surface area contributed by atoms with Crippen molar-refractivity contribution in [3.05, 3.63) is 21.3 Å². The molecule has 4 heteroatoms. The van der Waals surface area contributed by atoms with E-state index in [0.29, 0.717) is 0 Å². The minimum atomic E-state index is -0.482. The Hall–Kier alpha value is -0.0900. The van der Waals surface area contributed by atoms with Crippen LogP contribution in [-0.4, -0.2) is 28.7 Å². The number of likely N-dealkylation sites (tertiary alicyclic amines) is 1. The largest absolute Gasteiger partial charge is 0.388 e. The fourth-order valence-electron chi connectivity index (χ4n) is 1.67. The van der Waals surface area contributed by atoms with Crippen molar-refractivity contribution in [1.82, 2.24) is 4.90 Å². The van der Waals surface area contributed by atoms with Crippen molar-refractivity contribution in [2.75, 3.05) is 13.1 Å². The zero-order valence-electron chi connectivity index (χ0n) is 7.46. The molecule has 2 rings (SSSR count). The molecule has 13 heavy (non-hydrogen) atoms. The summed E-state index contributed by atoms with van der Waals surface area (Å²) in [6, 6.07) is 1.92. The number of nitrogens with zero attached hydrogens (tertiary/aromatic N) is 1. The van der Waals surface area contributed by atoms with Crippen LogP contribution in [0.4, 0.5) is 0 Å². The Kier molecular flexibility index (Phi) is 2.36. The van der Waals surface area contributed by atoms with Gasteiger partial charge in [0.05, 0.1) is 10.6 Å². The van der Waals surface area contributed by atoms with Gasteiger partial charge in [-0.25, -0.2) is 0 Å². The monoisotopic (exact) mass is 217 g/mol. The molecule has 1 saturated heterocycles. The average Bonchev–Trinajstić information content (AvgIpc) is 2.33. The zero-order chi connectivity index (χ0) is 9.47. The van der Waals surface area contributed by atoms with Crippen LogP contribution in [0, 0.1) is 0 Å². The van der Waals surface area contributed by atoms with E-state index < -0.39 is 5.60 Å². The second-order valence-electron chi connectivity index (χ2n) is 3.83. The maximum Gasteiger partial charge on any atom is 0.0872 e. The smallest absolute Gasteiger partial charge is 0.0872 e. The molecule has 0 radical (unpaired) electrons. The van der Waals surface area contributed by atoms with Crippen LogP contribution in [0.5, 0.6) is 0 Å². The van der Waals surface area contributed by atoms with E-state index >= 15 is 0 Å². The highest BCUT2D eigenvalue weighted by molar-refractivity contribution is 7.10. The summed E-state index contributed by atoms with van der Waals surface area (Å²) in [6.07, 6.45) is 0. The van der Waals surface area contributed by atoms with Gasteiger partial charge in [0.15, 0.2) is 0 Å². The van der Waals surface area contributed by atoms with Crippen LogP contribution in [0.2, 0.25) is 5.02 Å². The lowest BCUT2D eigenvalue weighted by Gasteiger charge is -2.44.